The number of ether oxygens (including phenoxy) is 1. The van der Waals surface area contributed by atoms with Crippen molar-refractivity contribution >= 4 is 34.2 Å². The van der Waals surface area contributed by atoms with E-state index in [1.54, 1.807) is 7.11 Å². The number of hydrogen-bond donors (Lipinski definition) is 2. The minimum absolute atomic E-state index is 0. The molecule has 0 spiro atoms. The van der Waals surface area contributed by atoms with Crippen LogP contribution in [0.4, 0.5) is 0 Å². The molecule has 0 saturated heterocycles. The topological polar surface area (TPSA) is 50.4 Å². The van der Waals surface area contributed by atoms with Crippen molar-refractivity contribution in [1.82, 2.24) is 10.6 Å². The van der Waals surface area contributed by atoms with Crippen LogP contribution in [0.3, 0.4) is 0 Å². The smallest absolute Gasteiger partial charge is 0.251 e. The van der Waals surface area contributed by atoms with E-state index in [4.69, 9.17) is 4.74 Å². The highest BCUT2D eigenvalue weighted by Crippen LogP contribution is 2.15. The van der Waals surface area contributed by atoms with Gasteiger partial charge in [-0.05, 0) is 30.7 Å². The lowest BCUT2D eigenvalue weighted by Crippen LogP contribution is -2.33. The predicted octanol–water partition coefficient (Wildman–Crippen LogP) is 2.15. The lowest BCUT2D eigenvalue weighted by Gasteiger charge is -2.07. The van der Waals surface area contributed by atoms with Crippen molar-refractivity contribution in [3.63, 3.8) is 0 Å². The highest BCUT2D eigenvalue weighted by atomic mass is 79.9. The quantitative estimate of drug-likeness (QED) is 0.740. The third-order valence-electron chi connectivity index (χ3n) is 2.37. The van der Waals surface area contributed by atoms with Crippen LogP contribution >= 0.6 is 28.3 Å². The molecule has 4 nitrogen and oxygen atoms in total. The predicted molar refractivity (Wildman–Crippen MR) is 83.2 cm³/mol. The van der Waals surface area contributed by atoms with Crippen molar-refractivity contribution in [2.45, 2.75) is 6.92 Å². The number of methoxy groups -OCH3 is 1. The summed E-state index contributed by atoms with van der Waals surface area (Å²) in [7, 11) is 1.67. The Kier molecular flexibility index (Phi) is 9.87. The molecule has 108 valence electrons. The summed E-state index contributed by atoms with van der Waals surface area (Å²) in [5, 5.41) is 6.03. The van der Waals surface area contributed by atoms with E-state index >= 15 is 0 Å². The van der Waals surface area contributed by atoms with Crippen LogP contribution in [0.25, 0.3) is 0 Å². The van der Waals surface area contributed by atoms with Gasteiger partial charge in [-0.1, -0.05) is 15.9 Å². The second kappa shape index (κ2) is 10.2. The summed E-state index contributed by atoms with van der Waals surface area (Å²) in [4.78, 5) is 11.9. The van der Waals surface area contributed by atoms with E-state index in [1.807, 2.05) is 25.1 Å². The molecular weight excluding hydrogens is 332 g/mol. The third-order valence-corrected chi connectivity index (χ3v) is 2.83. The molecule has 2 N–H and O–H groups in total. The monoisotopic (exact) mass is 350 g/mol. The van der Waals surface area contributed by atoms with Crippen LogP contribution in [0.15, 0.2) is 22.7 Å². The summed E-state index contributed by atoms with van der Waals surface area (Å²) in [6.07, 6.45) is 0. The van der Waals surface area contributed by atoms with Gasteiger partial charge in [-0.3, -0.25) is 4.79 Å². The highest BCUT2D eigenvalue weighted by molar-refractivity contribution is 9.10. The minimum atomic E-state index is -0.0482. The van der Waals surface area contributed by atoms with E-state index in [1.165, 1.54) is 0 Å². The number of carbonyl (C=O) groups excluding carboxylic acids is 1. The SMILES string of the molecule is COCCNCCNC(=O)c1cc(C)cc(Br)c1.Cl. The first-order valence-corrected chi connectivity index (χ1v) is 6.68. The summed E-state index contributed by atoms with van der Waals surface area (Å²) in [6, 6.07) is 5.67. The first-order chi connectivity index (χ1) is 8.63. The number of benzene rings is 1. The summed E-state index contributed by atoms with van der Waals surface area (Å²) >= 11 is 3.39. The molecule has 0 aliphatic rings. The second-order valence-electron chi connectivity index (χ2n) is 4.02. The third kappa shape index (κ3) is 7.52. The summed E-state index contributed by atoms with van der Waals surface area (Å²) < 4.78 is 5.83. The molecule has 0 aliphatic heterocycles. The number of nitrogens with one attached hydrogen (secondary N) is 2. The molecule has 1 amide bonds. The molecule has 1 aromatic carbocycles. The molecule has 0 heterocycles. The number of hydrogen-bond acceptors (Lipinski definition) is 3. The molecule has 0 bridgehead atoms. The molecular formula is C13H20BrClN2O2. The van der Waals surface area contributed by atoms with Crippen molar-refractivity contribution in [1.29, 1.82) is 0 Å². The first-order valence-electron chi connectivity index (χ1n) is 5.88. The Morgan fingerprint density at radius 3 is 2.63 bits per heavy atom. The lowest BCUT2D eigenvalue weighted by molar-refractivity contribution is 0.0953. The Balaban J connectivity index is 0.00000324. The standard InChI is InChI=1S/C13H19BrN2O2.ClH/c1-10-7-11(9-12(14)8-10)13(17)16-4-3-15-5-6-18-2;/h7-9,15H,3-6H2,1-2H3,(H,16,17);1H. The summed E-state index contributed by atoms with van der Waals surface area (Å²) in [5.74, 6) is -0.0482. The van der Waals surface area contributed by atoms with Crippen molar-refractivity contribution in [3.05, 3.63) is 33.8 Å². The van der Waals surface area contributed by atoms with E-state index in [0.29, 0.717) is 18.7 Å². The van der Waals surface area contributed by atoms with Gasteiger partial charge in [-0.2, -0.15) is 0 Å². The molecule has 1 rings (SSSR count). The Morgan fingerprint density at radius 2 is 2.00 bits per heavy atom. The first kappa shape index (κ1) is 18.4. The molecule has 0 aliphatic carbocycles. The van der Waals surface area contributed by atoms with Gasteiger partial charge < -0.3 is 15.4 Å². The van der Waals surface area contributed by atoms with Crippen molar-refractivity contribution in [2.75, 3.05) is 33.4 Å². The van der Waals surface area contributed by atoms with Gasteiger partial charge in [0, 0.05) is 36.8 Å². The molecule has 19 heavy (non-hydrogen) atoms. The zero-order valence-corrected chi connectivity index (χ0v) is 13.6. The normalized spacial score (nSPS) is 9.84. The van der Waals surface area contributed by atoms with Gasteiger partial charge in [0.05, 0.1) is 6.61 Å². The van der Waals surface area contributed by atoms with Gasteiger partial charge in [-0.25, -0.2) is 0 Å². The van der Waals surface area contributed by atoms with E-state index in [0.717, 1.165) is 23.1 Å². The van der Waals surface area contributed by atoms with Gasteiger partial charge in [0.15, 0.2) is 0 Å². The fourth-order valence-electron chi connectivity index (χ4n) is 1.53. The summed E-state index contributed by atoms with van der Waals surface area (Å²) in [6.45, 7) is 4.78. The maximum Gasteiger partial charge on any atom is 0.251 e. The van der Waals surface area contributed by atoms with Crippen LogP contribution in [0, 0.1) is 6.92 Å². The Bertz CT molecular complexity index is 382. The van der Waals surface area contributed by atoms with E-state index in [9.17, 15) is 4.79 Å². The maximum atomic E-state index is 11.9. The van der Waals surface area contributed by atoms with Gasteiger partial charge in [0.1, 0.15) is 0 Å². The van der Waals surface area contributed by atoms with E-state index in [-0.39, 0.29) is 18.3 Å². The molecule has 0 aromatic heterocycles. The zero-order chi connectivity index (χ0) is 13.4. The van der Waals surface area contributed by atoms with Crippen LogP contribution in [-0.4, -0.2) is 39.3 Å². The van der Waals surface area contributed by atoms with Gasteiger partial charge in [0.25, 0.3) is 5.91 Å². The van der Waals surface area contributed by atoms with Crippen LogP contribution < -0.4 is 10.6 Å². The molecule has 0 fully saturated rings. The highest BCUT2D eigenvalue weighted by Gasteiger charge is 2.05. The maximum absolute atomic E-state index is 11.9. The molecule has 0 saturated carbocycles. The fraction of sp³-hybridized carbons (Fsp3) is 0.462. The molecule has 1 aromatic rings. The van der Waals surface area contributed by atoms with Gasteiger partial charge in [0.2, 0.25) is 0 Å². The zero-order valence-electron chi connectivity index (χ0n) is 11.2. The van der Waals surface area contributed by atoms with Crippen molar-refractivity contribution in [3.8, 4) is 0 Å². The average molecular weight is 352 g/mol. The van der Waals surface area contributed by atoms with Gasteiger partial charge >= 0.3 is 0 Å². The fourth-order valence-corrected chi connectivity index (χ4v) is 2.14. The van der Waals surface area contributed by atoms with Gasteiger partial charge in [-0.15, -0.1) is 12.4 Å². The average Bonchev–Trinajstić information content (AvgIpc) is 2.32. The van der Waals surface area contributed by atoms with Crippen molar-refractivity contribution < 1.29 is 9.53 Å². The number of amides is 1. The molecule has 6 heteroatoms. The number of halogens is 2. The number of rotatable bonds is 7. The van der Waals surface area contributed by atoms with E-state index in [2.05, 4.69) is 26.6 Å². The minimum Gasteiger partial charge on any atom is -0.383 e. The van der Waals surface area contributed by atoms with Crippen molar-refractivity contribution in [2.24, 2.45) is 0 Å². The lowest BCUT2D eigenvalue weighted by atomic mass is 10.1. The number of aryl methyl sites for hydroxylation is 1. The largest absolute Gasteiger partial charge is 0.383 e. The van der Waals surface area contributed by atoms with Crippen LogP contribution in [0.2, 0.25) is 0 Å². The molecule has 0 unspecified atom stereocenters. The Morgan fingerprint density at radius 1 is 1.26 bits per heavy atom. The second-order valence-corrected chi connectivity index (χ2v) is 4.93. The van der Waals surface area contributed by atoms with Crippen LogP contribution in [0.1, 0.15) is 15.9 Å². The molecule has 0 atom stereocenters. The Labute approximate surface area is 128 Å². The van der Waals surface area contributed by atoms with Crippen LogP contribution in [0.5, 0.6) is 0 Å². The number of carbonyl (C=O) groups is 1. The van der Waals surface area contributed by atoms with Crippen LogP contribution in [-0.2, 0) is 4.74 Å². The molecule has 0 radical (unpaired) electrons. The van der Waals surface area contributed by atoms with E-state index < -0.39 is 0 Å². The summed E-state index contributed by atoms with van der Waals surface area (Å²) in [5.41, 5.74) is 1.74. The Hall–Kier alpha value is -0.620.